The van der Waals surface area contributed by atoms with Crippen LogP contribution in [0.3, 0.4) is 0 Å². The van der Waals surface area contributed by atoms with Gasteiger partial charge in [-0.15, -0.1) is 0 Å². The molecule has 1 aromatic rings. The van der Waals surface area contributed by atoms with E-state index < -0.39 is 11.7 Å². The largest absolute Gasteiger partial charge is 0.416 e. The van der Waals surface area contributed by atoms with Crippen molar-refractivity contribution in [1.82, 2.24) is 5.32 Å². The summed E-state index contributed by atoms with van der Waals surface area (Å²) in [5.41, 5.74) is 5.45. The summed E-state index contributed by atoms with van der Waals surface area (Å²) < 4.78 is 37.1. The van der Waals surface area contributed by atoms with E-state index in [1.807, 2.05) is 0 Å². The molecule has 0 aliphatic heterocycles. The lowest BCUT2D eigenvalue weighted by Gasteiger charge is -2.05. The Kier molecular flexibility index (Phi) is 6.60. The number of nitrogens with one attached hydrogen (secondary N) is 1. The molecule has 0 radical (unpaired) electrons. The zero-order valence-electron chi connectivity index (χ0n) is 11.8. The minimum atomic E-state index is -4.32. The Morgan fingerprint density at radius 3 is 2.52 bits per heavy atom. The first-order valence-electron chi connectivity index (χ1n) is 6.63. The quantitative estimate of drug-likeness (QED) is 0.388. The van der Waals surface area contributed by atoms with Crippen molar-refractivity contribution in [3.05, 3.63) is 35.4 Å². The minimum Gasteiger partial charge on any atom is -0.370 e. The number of guanidine groups is 1. The second-order valence-electron chi connectivity index (χ2n) is 4.35. The maximum Gasteiger partial charge on any atom is 0.416 e. The number of aliphatic imine (C=N–C) groups is 1. The molecule has 114 valence electrons. The number of alkyl halides is 3. The second-order valence-corrected chi connectivity index (χ2v) is 4.35. The number of hydrogen-bond donors (Lipinski definition) is 2. The maximum atomic E-state index is 12.4. The molecular weight excluding hydrogens is 279 g/mol. The highest BCUT2D eigenvalue weighted by atomic mass is 19.4. The summed E-state index contributed by atoms with van der Waals surface area (Å²) in [5, 5.41) is 2.82. The third-order valence-corrected chi connectivity index (χ3v) is 2.60. The molecule has 0 aromatic heterocycles. The predicted molar refractivity (Wildman–Crippen MR) is 77.7 cm³/mol. The molecule has 3 nitrogen and oxygen atoms in total. The molecule has 1 aromatic carbocycles. The fraction of sp³-hybridized carbons (Fsp3) is 0.400. The molecule has 3 N–H and O–H groups in total. The average molecular weight is 297 g/mol. The standard InChI is InChI=1S/C15H18F3N3/c1-2-3-10-20-14(19)21-11-4-5-12-6-8-13(9-7-12)15(16,17)18/h6-9H,2-3,10-11H2,1H3,(H3,19,20,21). The summed E-state index contributed by atoms with van der Waals surface area (Å²) in [5.74, 6) is 5.86. The van der Waals surface area contributed by atoms with Crippen LogP contribution < -0.4 is 11.1 Å². The molecule has 0 aliphatic carbocycles. The van der Waals surface area contributed by atoms with Gasteiger partial charge in [-0.25, -0.2) is 0 Å². The smallest absolute Gasteiger partial charge is 0.370 e. The van der Waals surface area contributed by atoms with Crippen molar-refractivity contribution in [2.45, 2.75) is 25.9 Å². The highest BCUT2D eigenvalue weighted by molar-refractivity contribution is 5.78. The van der Waals surface area contributed by atoms with Gasteiger partial charge in [0.25, 0.3) is 0 Å². The topological polar surface area (TPSA) is 50.4 Å². The third kappa shape index (κ3) is 6.70. The van der Waals surface area contributed by atoms with E-state index in [0.29, 0.717) is 24.6 Å². The van der Waals surface area contributed by atoms with Gasteiger partial charge in [0.2, 0.25) is 0 Å². The van der Waals surface area contributed by atoms with Crippen LogP contribution in [0.2, 0.25) is 0 Å². The van der Waals surface area contributed by atoms with Gasteiger partial charge in [-0.3, -0.25) is 4.99 Å². The molecule has 0 amide bonds. The normalized spacial score (nSPS) is 11.7. The van der Waals surface area contributed by atoms with Crippen LogP contribution in [0.15, 0.2) is 29.3 Å². The molecule has 0 heterocycles. The molecule has 0 bridgehead atoms. The Morgan fingerprint density at radius 2 is 1.95 bits per heavy atom. The lowest BCUT2D eigenvalue weighted by Crippen LogP contribution is -2.32. The van der Waals surface area contributed by atoms with Crippen molar-refractivity contribution < 1.29 is 13.2 Å². The van der Waals surface area contributed by atoms with Crippen LogP contribution in [0.4, 0.5) is 13.2 Å². The molecule has 0 spiro atoms. The second kappa shape index (κ2) is 8.20. The first-order valence-corrected chi connectivity index (χ1v) is 6.63. The monoisotopic (exact) mass is 297 g/mol. The van der Waals surface area contributed by atoms with Gasteiger partial charge in [-0.1, -0.05) is 25.2 Å². The van der Waals surface area contributed by atoms with E-state index in [1.165, 1.54) is 12.1 Å². The number of nitrogens with zero attached hydrogens (tertiary/aromatic N) is 1. The Balaban J connectivity index is 2.47. The molecule has 1 rings (SSSR count). The van der Waals surface area contributed by atoms with E-state index >= 15 is 0 Å². The molecule has 6 heteroatoms. The van der Waals surface area contributed by atoms with E-state index in [-0.39, 0.29) is 0 Å². The highest BCUT2D eigenvalue weighted by Crippen LogP contribution is 2.28. The predicted octanol–water partition coefficient (Wildman–Crippen LogP) is 2.76. The van der Waals surface area contributed by atoms with Crippen LogP contribution in [0.5, 0.6) is 0 Å². The molecule has 21 heavy (non-hydrogen) atoms. The van der Waals surface area contributed by atoms with Crippen molar-refractivity contribution in [2.75, 3.05) is 13.1 Å². The number of unbranched alkanes of at least 4 members (excludes halogenated alkanes) is 1. The van der Waals surface area contributed by atoms with E-state index in [9.17, 15) is 13.2 Å². The van der Waals surface area contributed by atoms with E-state index in [4.69, 9.17) is 5.73 Å². The lowest BCUT2D eigenvalue weighted by atomic mass is 10.1. The van der Waals surface area contributed by atoms with Gasteiger partial charge in [0, 0.05) is 12.1 Å². The molecular formula is C15H18F3N3. The fourth-order valence-electron chi connectivity index (χ4n) is 1.44. The minimum absolute atomic E-state index is 0.294. The van der Waals surface area contributed by atoms with E-state index in [1.54, 1.807) is 0 Å². The molecule has 0 atom stereocenters. The third-order valence-electron chi connectivity index (χ3n) is 2.60. The van der Waals surface area contributed by atoms with Crippen molar-refractivity contribution in [3.8, 4) is 11.8 Å². The molecule has 0 saturated carbocycles. The van der Waals surface area contributed by atoms with Crippen LogP contribution in [0.25, 0.3) is 0 Å². The van der Waals surface area contributed by atoms with Crippen molar-refractivity contribution in [1.29, 1.82) is 0 Å². The summed E-state index contributed by atoms with van der Waals surface area (Å²) in [6.07, 6.45) is -2.30. The maximum absolute atomic E-state index is 12.4. The van der Waals surface area contributed by atoms with Crippen LogP contribution >= 0.6 is 0 Å². The fourth-order valence-corrected chi connectivity index (χ4v) is 1.44. The number of benzene rings is 1. The Labute approximate surface area is 122 Å². The molecule has 0 fully saturated rings. The Bertz CT molecular complexity index is 522. The first-order chi connectivity index (χ1) is 9.93. The first kappa shape index (κ1) is 16.9. The average Bonchev–Trinajstić information content (AvgIpc) is 2.43. The van der Waals surface area contributed by atoms with Crippen molar-refractivity contribution in [2.24, 2.45) is 10.7 Å². The van der Waals surface area contributed by atoms with Crippen molar-refractivity contribution >= 4 is 5.96 Å². The van der Waals surface area contributed by atoms with E-state index in [2.05, 4.69) is 29.1 Å². The van der Waals surface area contributed by atoms with Crippen LogP contribution in [-0.2, 0) is 6.18 Å². The molecule has 0 saturated heterocycles. The van der Waals surface area contributed by atoms with Gasteiger partial charge < -0.3 is 11.1 Å². The van der Waals surface area contributed by atoms with Gasteiger partial charge in [0.15, 0.2) is 5.96 Å². The van der Waals surface area contributed by atoms with Crippen LogP contribution in [-0.4, -0.2) is 19.0 Å². The van der Waals surface area contributed by atoms with Gasteiger partial charge in [-0.05, 0) is 30.7 Å². The number of nitrogens with two attached hydrogens (primary N) is 1. The summed E-state index contributed by atoms with van der Waals surface area (Å²) in [7, 11) is 0. The van der Waals surface area contributed by atoms with Crippen LogP contribution in [0.1, 0.15) is 30.9 Å². The summed E-state index contributed by atoms with van der Waals surface area (Å²) in [6.45, 7) is 3.03. The van der Waals surface area contributed by atoms with Gasteiger partial charge in [-0.2, -0.15) is 13.2 Å². The molecule has 0 aliphatic rings. The van der Waals surface area contributed by atoms with Gasteiger partial charge in [0.05, 0.1) is 12.1 Å². The summed E-state index contributed by atoms with van der Waals surface area (Å²) >= 11 is 0. The van der Waals surface area contributed by atoms with E-state index in [0.717, 1.165) is 25.0 Å². The van der Waals surface area contributed by atoms with Crippen molar-refractivity contribution in [3.63, 3.8) is 0 Å². The Morgan fingerprint density at radius 1 is 1.29 bits per heavy atom. The number of halogens is 3. The SMILES string of the molecule is CCCCN=C(N)NCC#Cc1ccc(C(F)(F)F)cc1. The Hall–Kier alpha value is -2.16. The van der Waals surface area contributed by atoms with Crippen LogP contribution in [0, 0.1) is 11.8 Å². The lowest BCUT2D eigenvalue weighted by molar-refractivity contribution is -0.137. The molecule has 0 unspecified atom stereocenters. The zero-order chi connectivity index (χ0) is 15.7. The number of hydrogen-bond acceptors (Lipinski definition) is 1. The highest BCUT2D eigenvalue weighted by Gasteiger charge is 2.29. The van der Waals surface area contributed by atoms with Gasteiger partial charge in [0.1, 0.15) is 0 Å². The summed E-state index contributed by atoms with van der Waals surface area (Å²) in [6, 6.07) is 4.71. The number of rotatable bonds is 4. The zero-order valence-corrected chi connectivity index (χ0v) is 11.8. The van der Waals surface area contributed by atoms with Gasteiger partial charge >= 0.3 is 6.18 Å². The summed E-state index contributed by atoms with van der Waals surface area (Å²) in [4.78, 5) is 4.09.